The van der Waals surface area contributed by atoms with Crippen LogP contribution in [0.5, 0.6) is 0 Å². The largest absolute Gasteiger partial charge is 0.274 e. The van der Waals surface area contributed by atoms with E-state index in [2.05, 4.69) is 10.2 Å². The van der Waals surface area contributed by atoms with Gasteiger partial charge in [0, 0.05) is 45.1 Å². The number of aromatic nitrogens is 4. The Morgan fingerprint density at radius 3 is 2.53 bits per heavy atom. The Bertz CT molecular complexity index is 658. The number of rotatable bonds is 5. The highest BCUT2D eigenvalue weighted by molar-refractivity contribution is 7.89. The third kappa shape index (κ3) is 2.85. The molecule has 2 heterocycles. The first kappa shape index (κ1) is 13.8. The van der Waals surface area contributed by atoms with Crippen molar-refractivity contribution in [2.45, 2.75) is 24.9 Å². The highest BCUT2D eigenvalue weighted by atomic mass is 32.2. The second-order valence-electron chi connectivity index (χ2n) is 4.32. The molecule has 0 atom stereocenters. The first-order chi connectivity index (χ1) is 8.93. The van der Waals surface area contributed by atoms with E-state index in [-0.39, 0.29) is 11.4 Å². The zero-order valence-electron chi connectivity index (χ0n) is 11.2. The molecule has 0 aliphatic carbocycles. The van der Waals surface area contributed by atoms with E-state index in [4.69, 9.17) is 0 Å². The lowest BCUT2D eigenvalue weighted by Crippen LogP contribution is -2.26. The van der Waals surface area contributed by atoms with Gasteiger partial charge < -0.3 is 0 Å². The molecular weight excluding hydrogens is 266 g/mol. The first-order valence-corrected chi connectivity index (χ1v) is 7.34. The van der Waals surface area contributed by atoms with Gasteiger partial charge in [-0.25, -0.2) is 8.42 Å². The standard InChI is InChI=1S/C11H17N5O2S/c1-4-16-8-10(5-13-16)7-15(3)19(17,18)11-6-12-14(2)9-11/h5-6,8-9H,4,7H2,1-3H3. The number of hydrogen-bond acceptors (Lipinski definition) is 4. The van der Waals surface area contributed by atoms with Crippen molar-refractivity contribution in [3.8, 4) is 0 Å². The summed E-state index contributed by atoms with van der Waals surface area (Å²) in [5, 5.41) is 8.01. The Morgan fingerprint density at radius 1 is 1.26 bits per heavy atom. The van der Waals surface area contributed by atoms with Crippen LogP contribution in [0, 0.1) is 0 Å². The van der Waals surface area contributed by atoms with E-state index in [0.717, 1.165) is 12.1 Å². The third-order valence-electron chi connectivity index (χ3n) is 2.81. The van der Waals surface area contributed by atoms with Crippen LogP contribution in [-0.4, -0.2) is 39.3 Å². The molecule has 0 spiro atoms. The highest BCUT2D eigenvalue weighted by Crippen LogP contribution is 2.15. The van der Waals surface area contributed by atoms with E-state index in [1.54, 1.807) is 25.0 Å². The molecule has 2 aromatic rings. The second-order valence-corrected chi connectivity index (χ2v) is 6.36. The number of hydrogen-bond donors (Lipinski definition) is 0. The fourth-order valence-corrected chi connectivity index (χ4v) is 2.86. The molecule has 0 radical (unpaired) electrons. The molecule has 0 saturated carbocycles. The summed E-state index contributed by atoms with van der Waals surface area (Å²) in [5.74, 6) is 0. The Labute approximate surface area is 112 Å². The average Bonchev–Trinajstić information content (AvgIpc) is 2.98. The fraction of sp³-hybridized carbons (Fsp3) is 0.455. The van der Waals surface area contributed by atoms with Crippen LogP contribution in [0.15, 0.2) is 29.7 Å². The molecular formula is C11H17N5O2S. The Hall–Kier alpha value is -1.67. The molecule has 8 heteroatoms. The minimum atomic E-state index is -3.50. The molecule has 19 heavy (non-hydrogen) atoms. The second kappa shape index (κ2) is 5.14. The van der Waals surface area contributed by atoms with Gasteiger partial charge in [-0.15, -0.1) is 0 Å². The minimum Gasteiger partial charge on any atom is -0.274 e. The SMILES string of the molecule is CCn1cc(CN(C)S(=O)(=O)c2cnn(C)c2)cn1. The van der Waals surface area contributed by atoms with Gasteiger partial charge in [-0.05, 0) is 6.92 Å². The highest BCUT2D eigenvalue weighted by Gasteiger charge is 2.22. The van der Waals surface area contributed by atoms with E-state index in [1.807, 2.05) is 13.1 Å². The minimum absolute atomic E-state index is 0.195. The lowest BCUT2D eigenvalue weighted by atomic mass is 10.4. The van der Waals surface area contributed by atoms with Crippen molar-refractivity contribution >= 4 is 10.0 Å². The van der Waals surface area contributed by atoms with Crippen LogP contribution in [0.1, 0.15) is 12.5 Å². The summed E-state index contributed by atoms with van der Waals surface area (Å²) < 4.78 is 29.1. The monoisotopic (exact) mass is 283 g/mol. The van der Waals surface area contributed by atoms with E-state index in [9.17, 15) is 8.42 Å². The van der Waals surface area contributed by atoms with Gasteiger partial charge in [-0.3, -0.25) is 9.36 Å². The van der Waals surface area contributed by atoms with Gasteiger partial charge in [0.2, 0.25) is 10.0 Å². The van der Waals surface area contributed by atoms with E-state index in [1.165, 1.54) is 21.4 Å². The molecule has 0 fully saturated rings. The maximum Gasteiger partial charge on any atom is 0.246 e. The number of nitrogens with zero attached hydrogens (tertiary/aromatic N) is 5. The van der Waals surface area contributed by atoms with Crippen molar-refractivity contribution in [2.75, 3.05) is 7.05 Å². The van der Waals surface area contributed by atoms with Crippen molar-refractivity contribution in [1.82, 2.24) is 23.9 Å². The number of aryl methyl sites for hydroxylation is 2. The van der Waals surface area contributed by atoms with Gasteiger partial charge in [0.15, 0.2) is 0 Å². The smallest absolute Gasteiger partial charge is 0.246 e. The molecule has 104 valence electrons. The molecule has 0 amide bonds. The molecule has 7 nitrogen and oxygen atoms in total. The molecule has 2 aromatic heterocycles. The van der Waals surface area contributed by atoms with Gasteiger partial charge in [0.1, 0.15) is 4.90 Å². The first-order valence-electron chi connectivity index (χ1n) is 5.90. The van der Waals surface area contributed by atoms with Crippen LogP contribution < -0.4 is 0 Å². The predicted octanol–water partition coefficient (Wildman–Crippen LogP) is 0.457. The van der Waals surface area contributed by atoms with Gasteiger partial charge in [-0.1, -0.05) is 0 Å². The van der Waals surface area contributed by atoms with E-state index >= 15 is 0 Å². The normalized spacial score (nSPS) is 12.2. The van der Waals surface area contributed by atoms with Gasteiger partial charge in [0.25, 0.3) is 0 Å². The summed E-state index contributed by atoms with van der Waals surface area (Å²) in [7, 11) is -0.269. The zero-order chi connectivity index (χ0) is 14.0. The van der Waals surface area contributed by atoms with Crippen LogP contribution in [0.4, 0.5) is 0 Å². The summed E-state index contributed by atoms with van der Waals surface area (Å²) in [6, 6.07) is 0. The van der Waals surface area contributed by atoms with E-state index in [0.29, 0.717) is 0 Å². The molecule has 0 aliphatic rings. The number of sulfonamides is 1. The summed E-state index contributed by atoms with van der Waals surface area (Å²) in [6.07, 6.45) is 6.36. The van der Waals surface area contributed by atoms with E-state index < -0.39 is 10.0 Å². The van der Waals surface area contributed by atoms with Crippen LogP contribution in [0.2, 0.25) is 0 Å². The van der Waals surface area contributed by atoms with Crippen molar-refractivity contribution in [2.24, 2.45) is 7.05 Å². The maximum atomic E-state index is 12.3. The quantitative estimate of drug-likeness (QED) is 0.799. The van der Waals surface area contributed by atoms with Crippen molar-refractivity contribution < 1.29 is 8.42 Å². The van der Waals surface area contributed by atoms with Gasteiger partial charge in [-0.2, -0.15) is 14.5 Å². The average molecular weight is 283 g/mol. The lowest BCUT2D eigenvalue weighted by Gasteiger charge is -2.14. The van der Waals surface area contributed by atoms with Gasteiger partial charge in [0.05, 0.1) is 12.4 Å². The zero-order valence-corrected chi connectivity index (χ0v) is 12.0. The Kier molecular flexibility index (Phi) is 3.72. The lowest BCUT2D eigenvalue weighted by molar-refractivity contribution is 0.466. The predicted molar refractivity (Wildman–Crippen MR) is 69.8 cm³/mol. The van der Waals surface area contributed by atoms with Gasteiger partial charge >= 0.3 is 0 Å². The molecule has 2 rings (SSSR count). The maximum absolute atomic E-state index is 12.3. The van der Waals surface area contributed by atoms with Crippen LogP contribution in [-0.2, 0) is 30.2 Å². The molecule has 0 unspecified atom stereocenters. The Morgan fingerprint density at radius 2 is 2.00 bits per heavy atom. The summed E-state index contributed by atoms with van der Waals surface area (Å²) >= 11 is 0. The van der Waals surface area contributed by atoms with Crippen LogP contribution >= 0.6 is 0 Å². The van der Waals surface area contributed by atoms with Crippen molar-refractivity contribution in [3.63, 3.8) is 0 Å². The molecule has 0 saturated heterocycles. The molecule has 0 aromatic carbocycles. The summed E-state index contributed by atoms with van der Waals surface area (Å²) in [4.78, 5) is 0.195. The summed E-state index contributed by atoms with van der Waals surface area (Å²) in [6.45, 7) is 3.03. The van der Waals surface area contributed by atoms with Crippen LogP contribution in [0.25, 0.3) is 0 Å². The fourth-order valence-electron chi connectivity index (χ4n) is 1.72. The van der Waals surface area contributed by atoms with Crippen molar-refractivity contribution in [1.29, 1.82) is 0 Å². The summed E-state index contributed by atoms with van der Waals surface area (Å²) in [5.41, 5.74) is 0.858. The van der Waals surface area contributed by atoms with Crippen molar-refractivity contribution in [3.05, 3.63) is 30.4 Å². The molecule has 0 aliphatic heterocycles. The molecule has 0 bridgehead atoms. The topological polar surface area (TPSA) is 73.0 Å². The Balaban J connectivity index is 2.17. The molecule has 0 N–H and O–H groups in total. The van der Waals surface area contributed by atoms with Crippen LogP contribution in [0.3, 0.4) is 0 Å². The third-order valence-corrected chi connectivity index (χ3v) is 4.56.